The molecule has 1 aromatic carbocycles. The molecule has 204 valence electrons. The topological polar surface area (TPSA) is 44.8 Å². The molecule has 0 bridgehead atoms. The van der Waals surface area contributed by atoms with Crippen LogP contribution in [-0.4, -0.2) is 44.7 Å². The molecule has 0 unspecified atom stereocenters. The summed E-state index contributed by atoms with van der Waals surface area (Å²) in [4.78, 5) is 11.2. The number of alkyl halides is 3. The van der Waals surface area contributed by atoms with E-state index >= 15 is 4.39 Å². The molecule has 6 rings (SSSR count). The van der Waals surface area contributed by atoms with Gasteiger partial charge in [0.15, 0.2) is 22.2 Å². The van der Waals surface area contributed by atoms with Crippen molar-refractivity contribution in [1.29, 1.82) is 0 Å². The second kappa shape index (κ2) is 8.59. The van der Waals surface area contributed by atoms with Gasteiger partial charge in [0.05, 0.1) is 16.4 Å². The van der Waals surface area contributed by atoms with Crippen LogP contribution in [0.3, 0.4) is 0 Å². The van der Waals surface area contributed by atoms with Gasteiger partial charge in [0, 0.05) is 10.8 Å². The highest BCUT2D eigenvalue weighted by Gasteiger charge is 2.79. The largest absolute Gasteiger partial charge is 0.479 e. The Morgan fingerprint density at radius 2 is 1.87 bits per heavy atom. The Hall–Kier alpha value is -1.31. The molecule has 0 radical (unpaired) electrons. The van der Waals surface area contributed by atoms with Crippen molar-refractivity contribution in [2.24, 2.45) is 22.7 Å². The lowest BCUT2D eigenvalue weighted by Gasteiger charge is -2.64. The van der Waals surface area contributed by atoms with Crippen LogP contribution in [0.1, 0.15) is 52.5 Å². The molecule has 4 aliphatic carbocycles. The number of carbonyl (C=O) groups excluding carboxylic acids is 1. The first-order valence-electron chi connectivity index (χ1n) is 13.3. The van der Waals surface area contributed by atoms with E-state index in [9.17, 15) is 4.79 Å². The standard InChI is InChI=1S/C30H33Cl2FO4S/c1-26(2)36-24-14-19-20-13-22(33)21-12-18(34)10-11-27(21,3)29(20,32)23(31)15-28(19,4)30(24,37-26)25(38)35-16-17-8-6-5-7-9-17/h5-12,19-20,22-24H,13-16H2,1-4H3/t19-,20-,22-,23-,24+,27-,28-,29-,30-/m0/s1. The van der Waals surface area contributed by atoms with Crippen molar-refractivity contribution < 1.29 is 23.4 Å². The maximum atomic E-state index is 15.9. The lowest BCUT2D eigenvalue weighted by atomic mass is 9.46. The molecule has 0 spiro atoms. The Morgan fingerprint density at radius 1 is 1.16 bits per heavy atom. The summed E-state index contributed by atoms with van der Waals surface area (Å²) in [5.74, 6) is -1.48. The molecular weight excluding hydrogens is 546 g/mol. The molecule has 1 aliphatic heterocycles. The van der Waals surface area contributed by atoms with Crippen LogP contribution in [0.2, 0.25) is 0 Å². The first-order valence-corrected chi connectivity index (χ1v) is 14.5. The summed E-state index contributed by atoms with van der Waals surface area (Å²) < 4.78 is 35.4. The normalized spacial score (nSPS) is 46.4. The van der Waals surface area contributed by atoms with Crippen molar-refractivity contribution >= 4 is 46.3 Å². The van der Waals surface area contributed by atoms with E-state index in [1.807, 2.05) is 51.1 Å². The summed E-state index contributed by atoms with van der Waals surface area (Å²) in [7, 11) is 0. The SMILES string of the molecule is CC1(C)O[C@@H]2C[C@H]3[C@@H]4C[C@H](F)C5=CC(=O)C=C[C@]5(C)[C@@]4(Cl)[C@@H](Cl)C[C@]3(C)[C@]2(C(=S)OCc2ccccc2)O1. The first-order chi connectivity index (χ1) is 17.8. The third kappa shape index (κ3) is 3.40. The van der Waals surface area contributed by atoms with E-state index in [0.29, 0.717) is 30.1 Å². The van der Waals surface area contributed by atoms with Gasteiger partial charge in [-0.15, -0.1) is 23.2 Å². The Balaban J connectivity index is 1.41. The van der Waals surface area contributed by atoms with E-state index in [-0.39, 0.29) is 30.1 Å². The number of ether oxygens (including phenoxy) is 3. The van der Waals surface area contributed by atoms with Crippen LogP contribution in [0.5, 0.6) is 0 Å². The molecule has 4 nitrogen and oxygen atoms in total. The van der Waals surface area contributed by atoms with Gasteiger partial charge in [0.25, 0.3) is 0 Å². The van der Waals surface area contributed by atoms with Crippen molar-refractivity contribution in [3.8, 4) is 0 Å². The minimum atomic E-state index is -1.30. The predicted octanol–water partition coefficient (Wildman–Crippen LogP) is 6.87. The highest BCUT2D eigenvalue weighted by atomic mass is 35.5. The number of carbonyl (C=O) groups is 1. The summed E-state index contributed by atoms with van der Waals surface area (Å²) in [5.41, 5.74) is -1.13. The van der Waals surface area contributed by atoms with Gasteiger partial charge in [-0.05, 0) is 80.5 Å². The van der Waals surface area contributed by atoms with Crippen LogP contribution in [0.25, 0.3) is 0 Å². The molecule has 0 aromatic heterocycles. The predicted molar refractivity (Wildman–Crippen MR) is 149 cm³/mol. The van der Waals surface area contributed by atoms with E-state index in [4.69, 9.17) is 49.6 Å². The molecule has 0 N–H and O–H groups in total. The molecule has 4 fully saturated rings. The van der Waals surface area contributed by atoms with Crippen LogP contribution in [0.4, 0.5) is 4.39 Å². The van der Waals surface area contributed by atoms with Crippen molar-refractivity contribution in [3.05, 3.63) is 59.7 Å². The monoisotopic (exact) mass is 578 g/mol. The zero-order valence-electron chi connectivity index (χ0n) is 22.0. The van der Waals surface area contributed by atoms with E-state index < -0.39 is 38.6 Å². The Labute approximate surface area is 238 Å². The number of hydrogen-bond donors (Lipinski definition) is 0. The number of thiocarbonyl (C=S) groups is 1. The third-order valence-electron chi connectivity index (χ3n) is 10.1. The second-order valence-corrected chi connectivity index (χ2v) is 14.0. The first kappa shape index (κ1) is 26.9. The van der Waals surface area contributed by atoms with E-state index in [2.05, 4.69) is 6.92 Å². The molecule has 1 saturated heterocycles. The maximum Gasteiger partial charge on any atom is 0.195 e. The molecular formula is C30H33Cl2FO4S. The highest BCUT2D eigenvalue weighted by molar-refractivity contribution is 7.80. The summed E-state index contributed by atoms with van der Waals surface area (Å²) in [6.45, 7) is 8.13. The minimum Gasteiger partial charge on any atom is -0.479 e. The number of allylic oxidation sites excluding steroid dienone is 4. The summed E-state index contributed by atoms with van der Waals surface area (Å²) in [6, 6.07) is 9.85. The summed E-state index contributed by atoms with van der Waals surface area (Å²) in [5, 5.41) is -0.204. The van der Waals surface area contributed by atoms with Gasteiger partial charge >= 0.3 is 0 Å². The van der Waals surface area contributed by atoms with Crippen molar-refractivity contribution in [2.75, 3.05) is 0 Å². The van der Waals surface area contributed by atoms with Gasteiger partial charge in [0.2, 0.25) is 0 Å². The van der Waals surface area contributed by atoms with Crippen LogP contribution in [-0.2, 0) is 25.6 Å². The summed E-state index contributed by atoms with van der Waals surface area (Å²) in [6.07, 6.45) is 4.25. The smallest absolute Gasteiger partial charge is 0.195 e. The van der Waals surface area contributed by atoms with Crippen LogP contribution < -0.4 is 0 Å². The maximum absolute atomic E-state index is 15.9. The molecule has 38 heavy (non-hydrogen) atoms. The average molecular weight is 580 g/mol. The molecule has 3 saturated carbocycles. The molecule has 5 aliphatic rings. The summed E-state index contributed by atoms with van der Waals surface area (Å²) >= 11 is 20.9. The second-order valence-electron chi connectivity index (χ2n) is 12.5. The Kier molecular flexibility index (Phi) is 6.08. The van der Waals surface area contributed by atoms with Crippen LogP contribution >= 0.6 is 35.4 Å². The number of halogens is 3. The Bertz CT molecular complexity index is 1250. The van der Waals surface area contributed by atoms with Gasteiger partial charge in [-0.3, -0.25) is 4.79 Å². The van der Waals surface area contributed by atoms with Gasteiger partial charge < -0.3 is 14.2 Å². The van der Waals surface area contributed by atoms with Crippen molar-refractivity contribution in [2.45, 2.75) is 87.5 Å². The zero-order chi connectivity index (χ0) is 27.3. The van der Waals surface area contributed by atoms with Gasteiger partial charge in [-0.25, -0.2) is 4.39 Å². The highest BCUT2D eigenvalue weighted by Crippen LogP contribution is 2.74. The van der Waals surface area contributed by atoms with E-state index in [1.165, 1.54) is 12.2 Å². The number of ketones is 1. The van der Waals surface area contributed by atoms with E-state index in [1.54, 1.807) is 6.08 Å². The van der Waals surface area contributed by atoms with Crippen molar-refractivity contribution in [1.82, 2.24) is 0 Å². The molecule has 1 heterocycles. The Morgan fingerprint density at radius 3 is 2.58 bits per heavy atom. The van der Waals surface area contributed by atoms with Crippen LogP contribution in [0.15, 0.2) is 54.1 Å². The van der Waals surface area contributed by atoms with Gasteiger partial charge in [-0.2, -0.15) is 0 Å². The zero-order valence-corrected chi connectivity index (χ0v) is 24.3. The quantitative estimate of drug-likeness (QED) is 0.289. The number of rotatable bonds is 3. The fourth-order valence-electron chi connectivity index (χ4n) is 8.42. The number of benzene rings is 1. The molecule has 9 atom stereocenters. The minimum absolute atomic E-state index is 0.0861. The lowest BCUT2D eigenvalue weighted by molar-refractivity contribution is -0.197. The third-order valence-corrected chi connectivity index (χ3v) is 12.1. The average Bonchev–Trinajstić information content (AvgIpc) is 3.27. The molecule has 1 aromatic rings. The number of fused-ring (bicyclic) bond motifs is 7. The lowest BCUT2D eigenvalue weighted by Crippen LogP contribution is -2.69. The molecule has 0 amide bonds. The van der Waals surface area contributed by atoms with Gasteiger partial charge in [-0.1, -0.05) is 50.3 Å². The van der Waals surface area contributed by atoms with Crippen molar-refractivity contribution in [3.63, 3.8) is 0 Å². The van der Waals surface area contributed by atoms with Crippen LogP contribution in [0, 0.1) is 22.7 Å². The number of hydrogen-bond acceptors (Lipinski definition) is 5. The fraction of sp³-hybridized carbons (Fsp3) is 0.600. The van der Waals surface area contributed by atoms with E-state index in [0.717, 1.165) is 5.56 Å². The fourth-order valence-corrected chi connectivity index (χ4v) is 10.1. The molecule has 8 heteroatoms. The van der Waals surface area contributed by atoms with Gasteiger partial charge in [0.1, 0.15) is 12.8 Å².